The highest BCUT2D eigenvalue weighted by atomic mass is 16.5. The number of imidazole rings is 1. The summed E-state index contributed by atoms with van der Waals surface area (Å²) in [6.07, 6.45) is 3.49. The molecule has 0 bridgehead atoms. The van der Waals surface area contributed by atoms with Gasteiger partial charge in [0.05, 0.1) is 24.3 Å². The molecule has 0 fully saturated rings. The Morgan fingerprint density at radius 2 is 2.43 bits per heavy atom. The first-order valence-electron chi connectivity index (χ1n) is 4.41. The van der Waals surface area contributed by atoms with Crippen molar-refractivity contribution in [1.29, 1.82) is 0 Å². The maximum absolute atomic E-state index is 5.55. The van der Waals surface area contributed by atoms with Crippen LogP contribution in [0.3, 0.4) is 0 Å². The molecule has 2 N–H and O–H groups in total. The van der Waals surface area contributed by atoms with Gasteiger partial charge in [-0.1, -0.05) is 5.16 Å². The lowest BCUT2D eigenvalue weighted by Gasteiger charge is -2.02. The molecule has 2 rings (SSSR count). The zero-order valence-electron chi connectivity index (χ0n) is 7.97. The number of hydrogen-bond donors (Lipinski definition) is 1. The van der Waals surface area contributed by atoms with Crippen molar-refractivity contribution >= 4 is 0 Å². The summed E-state index contributed by atoms with van der Waals surface area (Å²) in [6.45, 7) is 3.01. The van der Waals surface area contributed by atoms with Crippen LogP contribution in [0.4, 0.5) is 0 Å². The Labute approximate surface area is 81.5 Å². The normalized spacial score (nSPS) is 10.7. The van der Waals surface area contributed by atoms with Crippen LogP contribution in [-0.2, 0) is 13.1 Å². The molecule has 2 aromatic rings. The third kappa shape index (κ3) is 1.67. The van der Waals surface area contributed by atoms with E-state index in [2.05, 4.69) is 10.1 Å². The van der Waals surface area contributed by atoms with E-state index in [9.17, 15) is 0 Å². The predicted octanol–water partition coefficient (Wildman–Crippen LogP) is 0.687. The minimum absolute atomic E-state index is 0.479. The van der Waals surface area contributed by atoms with Crippen LogP contribution in [0.2, 0.25) is 0 Å². The highest BCUT2D eigenvalue weighted by Crippen LogP contribution is 2.07. The highest BCUT2D eigenvalue weighted by Gasteiger charge is 2.04. The molecule has 2 aromatic heterocycles. The van der Waals surface area contributed by atoms with E-state index in [-0.39, 0.29) is 0 Å². The van der Waals surface area contributed by atoms with Gasteiger partial charge in [-0.3, -0.25) is 0 Å². The smallest absolute Gasteiger partial charge is 0.156 e. The average Bonchev–Trinajstić information content (AvgIpc) is 2.76. The van der Waals surface area contributed by atoms with Crippen LogP contribution in [-0.4, -0.2) is 14.7 Å². The molecule has 0 saturated heterocycles. The predicted molar refractivity (Wildman–Crippen MR) is 50.5 cm³/mol. The fraction of sp³-hybridized carbons (Fsp3) is 0.333. The fourth-order valence-corrected chi connectivity index (χ4v) is 1.32. The van der Waals surface area contributed by atoms with Crippen LogP contribution < -0.4 is 5.73 Å². The van der Waals surface area contributed by atoms with E-state index in [0.29, 0.717) is 13.1 Å². The maximum atomic E-state index is 5.55. The molecular formula is C9H12N4O. The van der Waals surface area contributed by atoms with Crippen molar-refractivity contribution in [2.45, 2.75) is 20.0 Å². The van der Waals surface area contributed by atoms with Gasteiger partial charge in [-0.2, -0.15) is 0 Å². The minimum atomic E-state index is 0.479. The van der Waals surface area contributed by atoms with Crippen molar-refractivity contribution in [2.75, 3.05) is 0 Å². The highest BCUT2D eigenvalue weighted by molar-refractivity contribution is 5.06. The summed E-state index contributed by atoms with van der Waals surface area (Å²) in [4.78, 5) is 4.02. The maximum Gasteiger partial charge on any atom is 0.156 e. The molecule has 0 amide bonds. The second-order valence-electron chi connectivity index (χ2n) is 3.15. The van der Waals surface area contributed by atoms with Crippen molar-refractivity contribution in [3.63, 3.8) is 0 Å². The molecule has 0 aliphatic heterocycles. The summed E-state index contributed by atoms with van der Waals surface area (Å²) in [5.74, 6) is 0.815. The Hall–Kier alpha value is -1.62. The van der Waals surface area contributed by atoms with Gasteiger partial charge in [0.2, 0.25) is 0 Å². The summed E-state index contributed by atoms with van der Waals surface area (Å²) in [5, 5.41) is 3.81. The van der Waals surface area contributed by atoms with Gasteiger partial charge in [0, 0.05) is 18.8 Å². The molecule has 0 unspecified atom stereocenters. The average molecular weight is 192 g/mol. The fourth-order valence-electron chi connectivity index (χ4n) is 1.32. The number of hydrogen-bond acceptors (Lipinski definition) is 4. The lowest BCUT2D eigenvalue weighted by atomic mass is 10.3. The molecule has 0 aliphatic rings. The Balaban J connectivity index is 2.18. The van der Waals surface area contributed by atoms with Gasteiger partial charge in [0.25, 0.3) is 0 Å². The lowest BCUT2D eigenvalue weighted by molar-refractivity contribution is 0.371. The standard InChI is InChI=1S/C9H12N4O/c1-7-2-9(14-12-7)5-13-6-11-4-8(13)3-10/h2,4,6H,3,5,10H2,1H3. The third-order valence-corrected chi connectivity index (χ3v) is 2.01. The van der Waals surface area contributed by atoms with Gasteiger partial charge < -0.3 is 14.8 Å². The van der Waals surface area contributed by atoms with E-state index in [1.165, 1.54) is 0 Å². The molecule has 0 aromatic carbocycles. The van der Waals surface area contributed by atoms with Crippen molar-refractivity contribution in [3.05, 3.63) is 35.7 Å². The molecular weight excluding hydrogens is 180 g/mol. The van der Waals surface area contributed by atoms with Crippen LogP contribution in [0.5, 0.6) is 0 Å². The molecule has 0 spiro atoms. The van der Waals surface area contributed by atoms with Gasteiger partial charge in [-0.05, 0) is 6.92 Å². The largest absolute Gasteiger partial charge is 0.359 e. The first kappa shape index (κ1) is 8.96. The van der Waals surface area contributed by atoms with Crippen LogP contribution in [0.1, 0.15) is 17.1 Å². The van der Waals surface area contributed by atoms with E-state index < -0.39 is 0 Å². The Morgan fingerprint density at radius 3 is 3.07 bits per heavy atom. The second-order valence-corrected chi connectivity index (χ2v) is 3.15. The number of aryl methyl sites for hydroxylation is 1. The quantitative estimate of drug-likeness (QED) is 0.776. The van der Waals surface area contributed by atoms with E-state index >= 15 is 0 Å². The SMILES string of the molecule is Cc1cc(Cn2cncc2CN)on1. The first-order chi connectivity index (χ1) is 6.79. The molecule has 0 saturated carbocycles. The number of rotatable bonds is 3. The van der Waals surface area contributed by atoms with Gasteiger partial charge in [0.1, 0.15) is 0 Å². The van der Waals surface area contributed by atoms with Crippen LogP contribution in [0.25, 0.3) is 0 Å². The topological polar surface area (TPSA) is 69.9 Å². The Bertz CT molecular complexity index is 418. The minimum Gasteiger partial charge on any atom is -0.359 e. The van der Waals surface area contributed by atoms with Crippen molar-refractivity contribution in [1.82, 2.24) is 14.7 Å². The molecule has 0 atom stereocenters. The third-order valence-electron chi connectivity index (χ3n) is 2.01. The van der Waals surface area contributed by atoms with E-state index in [0.717, 1.165) is 17.1 Å². The first-order valence-corrected chi connectivity index (χ1v) is 4.41. The van der Waals surface area contributed by atoms with E-state index in [1.807, 2.05) is 17.6 Å². The van der Waals surface area contributed by atoms with Crippen molar-refractivity contribution in [2.24, 2.45) is 5.73 Å². The van der Waals surface area contributed by atoms with Crippen LogP contribution in [0, 0.1) is 6.92 Å². The molecule has 0 aliphatic carbocycles. The number of nitrogens with zero attached hydrogens (tertiary/aromatic N) is 3. The zero-order valence-corrected chi connectivity index (χ0v) is 7.97. The van der Waals surface area contributed by atoms with Gasteiger partial charge >= 0.3 is 0 Å². The lowest BCUT2D eigenvalue weighted by Crippen LogP contribution is -2.06. The summed E-state index contributed by atoms with van der Waals surface area (Å²) in [5.41, 5.74) is 7.42. The van der Waals surface area contributed by atoms with Gasteiger partial charge in [-0.25, -0.2) is 4.98 Å². The number of nitrogens with two attached hydrogens (primary N) is 1. The number of aromatic nitrogens is 3. The molecule has 2 heterocycles. The summed E-state index contributed by atoms with van der Waals surface area (Å²) < 4.78 is 7.04. The van der Waals surface area contributed by atoms with Crippen molar-refractivity contribution in [3.8, 4) is 0 Å². The summed E-state index contributed by atoms with van der Waals surface area (Å²) in [6, 6.07) is 1.90. The zero-order chi connectivity index (χ0) is 9.97. The van der Waals surface area contributed by atoms with Gasteiger partial charge in [-0.15, -0.1) is 0 Å². The second kappa shape index (κ2) is 3.63. The summed E-state index contributed by atoms with van der Waals surface area (Å²) >= 11 is 0. The van der Waals surface area contributed by atoms with E-state index in [1.54, 1.807) is 12.5 Å². The van der Waals surface area contributed by atoms with Gasteiger partial charge in [0.15, 0.2) is 5.76 Å². The molecule has 5 nitrogen and oxygen atoms in total. The molecule has 5 heteroatoms. The van der Waals surface area contributed by atoms with E-state index in [4.69, 9.17) is 10.3 Å². The summed E-state index contributed by atoms with van der Waals surface area (Å²) in [7, 11) is 0. The Morgan fingerprint density at radius 1 is 1.57 bits per heavy atom. The van der Waals surface area contributed by atoms with Crippen LogP contribution in [0.15, 0.2) is 23.1 Å². The van der Waals surface area contributed by atoms with Crippen molar-refractivity contribution < 1.29 is 4.52 Å². The molecule has 14 heavy (non-hydrogen) atoms. The molecule has 74 valence electrons. The monoisotopic (exact) mass is 192 g/mol. The molecule has 0 radical (unpaired) electrons. The Kier molecular flexibility index (Phi) is 2.32. The van der Waals surface area contributed by atoms with Crippen LogP contribution >= 0.6 is 0 Å².